The zero-order valence-electron chi connectivity index (χ0n) is 48.1. The van der Waals surface area contributed by atoms with Crippen LogP contribution < -0.4 is 16.1 Å². The van der Waals surface area contributed by atoms with Crippen molar-refractivity contribution in [2.24, 2.45) is 17.8 Å². The van der Waals surface area contributed by atoms with Crippen LogP contribution >= 0.6 is 11.6 Å². The van der Waals surface area contributed by atoms with Gasteiger partial charge in [-0.05, 0) is 120 Å². The summed E-state index contributed by atoms with van der Waals surface area (Å²) in [4.78, 5) is 56.9. The highest BCUT2D eigenvalue weighted by Crippen LogP contribution is 2.43. The first-order chi connectivity index (χ1) is 36.6. The van der Waals surface area contributed by atoms with Crippen molar-refractivity contribution in [2.45, 2.75) is 204 Å². The van der Waals surface area contributed by atoms with Crippen molar-refractivity contribution >= 4 is 46.3 Å². The van der Waals surface area contributed by atoms with E-state index in [-0.39, 0.29) is 60.5 Å². The Hall–Kier alpha value is -3.71. The number of cyclic esters (lactones) is 1. The first kappa shape index (κ1) is 61.9. The molecule has 4 saturated heterocycles. The fourth-order valence-electron chi connectivity index (χ4n) is 12.6. The number of rotatable bonds is 17. The number of esters is 1. The second kappa shape index (κ2) is 25.2. The van der Waals surface area contributed by atoms with Gasteiger partial charge in [0.15, 0.2) is 24.3 Å². The molecule has 2 aromatic rings. The summed E-state index contributed by atoms with van der Waals surface area (Å²) < 4.78 is 59.6. The number of halogens is 1. The number of fused-ring (bicyclic) bond motifs is 2. The lowest BCUT2D eigenvalue weighted by molar-refractivity contribution is -0.320. The molecule has 1 aliphatic carbocycles. The minimum atomic E-state index is -1.60. The summed E-state index contributed by atoms with van der Waals surface area (Å²) in [6.07, 6.45) is -4.86. The van der Waals surface area contributed by atoms with E-state index in [1.165, 1.54) is 6.20 Å². The number of nitrogens with one attached hydrogen (secondary N) is 2. The van der Waals surface area contributed by atoms with Gasteiger partial charge in [0, 0.05) is 75.3 Å². The van der Waals surface area contributed by atoms with Gasteiger partial charge < -0.3 is 78.1 Å². The topological polar surface area (TPSA) is 248 Å². The Kier molecular flexibility index (Phi) is 20.0. The van der Waals surface area contributed by atoms with Crippen molar-refractivity contribution < 1.29 is 72.3 Å². The number of benzene rings is 1. The average Bonchev–Trinajstić information content (AvgIpc) is 4.16. The number of ether oxygens (including phenoxy) is 9. The van der Waals surface area contributed by atoms with E-state index in [2.05, 4.69) is 10.6 Å². The molecular formula is C56H88ClN5O16. The number of carboxylic acid groups (broad SMARTS) is 1. The lowest BCUT2D eigenvalue weighted by Gasteiger charge is -2.49. The van der Waals surface area contributed by atoms with Crippen LogP contribution in [0.25, 0.3) is 10.9 Å². The van der Waals surface area contributed by atoms with Crippen molar-refractivity contribution in [1.82, 2.24) is 19.7 Å². The number of carbonyl (C=O) groups is 3. The van der Waals surface area contributed by atoms with Gasteiger partial charge in [0.1, 0.15) is 23.9 Å². The van der Waals surface area contributed by atoms with Crippen molar-refractivity contribution in [3.05, 3.63) is 39.1 Å². The molecule has 0 bridgehead atoms. The molecule has 0 radical (unpaired) electrons. The molecule has 1 aromatic carbocycles. The number of likely N-dealkylation sites (N-methyl/N-ethyl adjacent to an activating group) is 2. The fraction of sp³-hybridized carbons (Fsp3) is 0.786. The molecule has 1 saturated carbocycles. The molecule has 440 valence electrons. The van der Waals surface area contributed by atoms with Crippen LogP contribution in [0.5, 0.6) is 0 Å². The number of nitrogens with zero attached hydrogens (tertiary/aromatic N) is 3. The van der Waals surface area contributed by atoms with Crippen LogP contribution in [-0.2, 0) is 47.4 Å². The summed E-state index contributed by atoms with van der Waals surface area (Å²) in [5, 5.41) is 41.7. The minimum Gasteiger partial charge on any atom is -0.477 e. The highest BCUT2D eigenvalue weighted by atomic mass is 35.5. The number of hydrogen-bond donors (Lipinski definition) is 5. The molecule has 22 heteroatoms. The number of aliphatic hydroxyl groups excluding tert-OH is 1. The molecule has 5 heterocycles. The molecule has 5 aliphatic rings. The molecular weight excluding hydrogens is 1030 g/mol. The molecule has 5 N–H and O–H groups in total. The number of methoxy groups -OCH3 is 1. The summed E-state index contributed by atoms with van der Waals surface area (Å²) in [6.45, 7) is 20.6. The molecule has 0 spiro atoms. The van der Waals surface area contributed by atoms with E-state index in [9.17, 15) is 34.5 Å². The predicted molar refractivity (Wildman–Crippen MR) is 291 cm³/mol. The van der Waals surface area contributed by atoms with E-state index in [1.807, 2.05) is 84.0 Å². The van der Waals surface area contributed by atoms with Gasteiger partial charge in [0.05, 0.1) is 64.4 Å². The van der Waals surface area contributed by atoms with Crippen molar-refractivity contribution in [3.8, 4) is 0 Å². The molecule has 1 aromatic heterocycles. The number of pyridine rings is 1. The maximum atomic E-state index is 14.8. The molecule has 0 amide bonds. The smallest absolute Gasteiger partial charge is 0.477 e. The Morgan fingerprint density at radius 2 is 1.67 bits per heavy atom. The molecule has 78 heavy (non-hydrogen) atoms. The Balaban J connectivity index is 1.08. The van der Waals surface area contributed by atoms with Gasteiger partial charge in [-0.3, -0.25) is 14.5 Å². The number of aromatic carboxylic acids is 1. The van der Waals surface area contributed by atoms with Gasteiger partial charge in [-0.15, -0.1) is 0 Å². The van der Waals surface area contributed by atoms with Crippen LogP contribution in [-0.4, -0.2) is 199 Å². The van der Waals surface area contributed by atoms with E-state index in [0.717, 1.165) is 12.8 Å². The van der Waals surface area contributed by atoms with Gasteiger partial charge in [-0.1, -0.05) is 32.4 Å². The number of carboxylic acids is 1. The highest BCUT2D eigenvalue weighted by molar-refractivity contribution is 6.34. The third-order valence-corrected chi connectivity index (χ3v) is 17.4. The summed E-state index contributed by atoms with van der Waals surface area (Å²) in [6, 6.07) is 2.77. The monoisotopic (exact) mass is 1120 g/mol. The van der Waals surface area contributed by atoms with Crippen LogP contribution in [0.15, 0.2) is 23.1 Å². The zero-order chi connectivity index (χ0) is 57.3. The van der Waals surface area contributed by atoms with Gasteiger partial charge in [0.2, 0.25) is 5.43 Å². The average molecular weight is 1120 g/mol. The SMILES string of the molecule is CC[C@H]1OC(=O)[C@H](C)[C@@H](OC2C[C@@](C)(OC)[C@@H](OCCNCCNc3cc4c(=O)c(C(=O)O)cn(C5CC5)c4cc3Cl)[C@H](C)O2)[C@H](C)[C@@H](O[C@@H]2O[C@H](C)C[C@H](N(C)C)[C@H]2O)[C@](C)(O)C[C@@H](C)CN(C)[C@H](C)[C@@H]2OC(=O)O[C@]12C. The fourth-order valence-corrected chi connectivity index (χ4v) is 12.9. The van der Waals surface area contributed by atoms with Gasteiger partial charge in [-0.25, -0.2) is 9.59 Å². The molecule has 21 nitrogen and oxygen atoms in total. The van der Waals surface area contributed by atoms with Gasteiger partial charge in [-0.2, -0.15) is 0 Å². The Bertz CT molecular complexity index is 2480. The van der Waals surface area contributed by atoms with E-state index < -0.39 is 107 Å². The molecule has 7 rings (SSSR count). The summed E-state index contributed by atoms with van der Waals surface area (Å²) in [7, 11) is 7.29. The molecule has 4 aliphatic heterocycles. The lowest BCUT2D eigenvalue weighted by atomic mass is 9.77. The van der Waals surface area contributed by atoms with Crippen LogP contribution in [0.2, 0.25) is 5.02 Å². The first-order valence-electron chi connectivity index (χ1n) is 27.9. The van der Waals surface area contributed by atoms with Crippen LogP contribution in [0.3, 0.4) is 0 Å². The van der Waals surface area contributed by atoms with Gasteiger partial charge in [0.25, 0.3) is 0 Å². The first-order valence-corrected chi connectivity index (χ1v) is 28.2. The molecule has 5 fully saturated rings. The minimum absolute atomic E-state index is 0.133. The van der Waals surface area contributed by atoms with E-state index in [1.54, 1.807) is 40.0 Å². The maximum Gasteiger partial charge on any atom is 0.509 e. The van der Waals surface area contributed by atoms with E-state index in [0.29, 0.717) is 55.2 Å². The third kappa shape index (κ3) is 13.4. The number of aliphatic hydroxyl groups is 2. The lowest BCUT2D eigenvalue weighted by Crippen LogP contribution is -2.61. The second-order valence-corrected chi connectivity index (χ2v) is 24.2. The summed E-state index contributed by atoms with van der Waals surface area (Å²) in [5.74, 6) is -3.89. The second-order valence-electron chi connectivity index (χ2n) is 23.8. The normalized spacial score (nSPS) is 38.5. The van der Waals surface area contributed by atoms with E-state index in [4.69, 9.17) is 54.2 Å². The van der Waals surface area contributed by atoms with Crippen LogP contribution in [0.4, 0.5) is 10.5 Å². The van der Waals surface area contributed by atoms with Crippen LogP contribution in [0.1, 0.15) is 124 Å². The number of aromatic nitrogens is 1. The Labute approximate surface area is 464 Å². The number of hydrogen-bond acceptors (Lipinski definition) is 19. The summed E-state index contributed by atoms with van der Waals surface area (Å²) in [5.41, 5.74) is -3.62. The third-order valence-electron chi connectivity index (χ3n) is 17.1. The quantitative estimate of drug-likeness (QED) is 0.0926. The standard InChI is InChI=1S/C56H88ClN5O16/c1-15-42-56(10)48(77-53(68)78-56)33(6)61(13)27-29(2)25-54(8,69)47(76-52-45(64)41(60(11)12)22-30(3)72-52)31(4)46(32(5)51(67)74-42)75-43-26-55(9,70-14)49(34(7)73-43)71-21-20-58-18-19-59-39-23-36-40(24-38(39)57)62(35-16-17-35)28-37(44(36)63)50(65)66/h23-24,28-35,41-43,45-49,52,58-59,64,69H,15-22,25-27H2,1-14H3,(H,65,66)/t29-,30-,31+,32-,33-,34+,41+,42-,43?,45-,46+,47-,48+,49+,52+,54-,55-,56-/m1/s1. The maximum absolute atomic E-state index is 14.8. The van der Waals surface area contributed by atoms with Crippen molar-refractivity contribution in [2.75, 3.05) is 66.4 Å². The highest BCUT2D eigenvalue weighted by Gasteiger charge is 2.58. The zero-order valence-corrected chi connectivity index (χ0v) is 48.9. The predicted octanol–water partition coefficient (Wildman–Crippen LogP) is 5.81. The van der Waals surface area contributed by atoms with E-state index >= 15 is 0 Å². The largest absolute Gasteiger partial charge is 0.509 e. The van der Waals surface area contributed by atoms with Crippen LogP contribution in [0, 0.1) is 17.8 Å². The Morgan fingerprint density at radius 3 is 2.31 bits per heavy atom. The van der Waals surface area contributed by atoms with Crippen molar-refractivity contribution in [1.29, 1.82) is 0 Å². The Morgan fingerprint density at radius 1 is 0.962 bits per heavy atom. The summed E-state index contributed by atoms with van der Waals surface area (Å²) >= 11 is 6.68. The number of carbonyl (C=O) groups excluding carboxylic acids is 2. The molecule has 18 atom stereocenters. The molecule has 1 unspecified atom stereocenters. The van der Waals surface area contributed by atoms with Crippen molar-refractivity contribution in [3.63, 3.8) is 0 Å². The number of anilines is 1. The van der Waals surface area contributed by atoms with Gasteiger partial charge >= 0.3 is 18.1 Å².